The first kappa shape index (κ1) is 17.9. The van der Waals surface area contributed by atoms with Crippen LogP contribution in [0.3, 0.4) is 0 Å². The minimum atomic E-state index is -0.443. The molecule has 1 unspecified atom stereocenters. The minimum Gasteiger partial charge on any atom is -0.444 e. The molecule has 6 heteroatoms. The minimum absolute atomic E-state index is 0.225. The zero-order valence-corrected chi connectivity index (χ0v) is 14.8. The summed E-state index contributed by atoms with van der Waals surface area (Å²) in [5.74, 6) is 0.918. The molecule has 0 aromatic carbocycles. The van der Waals surface area contributed by atoms with Crippen molar-refractivity contribution in [3.63, 3.8) is 0 Å². The van der Waals surface area contributed by atoms with E-state index in [1.165, 1.54) is 32.1 Å². The molecule has 0 aromatic rings. The third-order valence-electron chi connectivity index (χ3n) is 4.41. The van der Waals surface area contributed by atoms with E-state index in [0.717, 1.165) is 13.0 Å². The van der Waals surface area contributed by atoms with Crippen molar-refractivity contribution >= 4 is 12.1 Å². The van der Waals surface area contributed by atoms with Gasteiger partial charge in [0.2, 0.25) is 0 Å². The highest BCUT2D eigenvalue weighted by molar-refractivity contribution is 5.78. The number of likely N-dealkylation sites (tertiary alicyclic amines) is 1. The first-order valence-electron chi connectivity index (χ1n) is 8.88. The van der Waals surface area contributed by atoms with E-state index < -0.39 is 5.60 Å². The van der Waals surface area contributed by atoms with Crippen molar-refractivity contribution in [2.45, 2.75) is 70.9 Å². The Morgan fingerprint density at radius 1 is 1.26 bits per heavy atom. The molecule has 1 saturated carbocycles. The van der Waals surface area contributed by atoms with E-state index in [0.29, 0.717) is 31.0 Å². The van der Waals surface area contributed by atoms with E-state index >= 15 is 0 Å². The fraction of sp³-hybridized carbons (Fsp3) is 0.882. The average Bonchev–Trinajstić information content (AvgIpc) is 2.93. The van der Waals surface area contributed by atoms with Crippen LogP contribution in [0.25, 0.3) is 0 Å². The normalized spacial score (nSPS) is 23.9. The van der Waals surface area contributed by atoms with Crippen LogP contribution in [0.1, 0.15) is 59.3 Å². The maximum Gasteiger partial charge on any atom is 0.410 e. The molecule has 1 aliphatic heterocycles. The van der Waals surface area contributed by atoms with Crippen LogP contribution in [0.15, 0.2) is 4.99 Å². The van der Waals surface area contributed by atoms with Gasteiger partial charge in [-0.3, -0.25) is 4.99 Å². The van der Waals surface area contributed by atoms with Crippen LogP contribution in [0.4, 0.5) is 4.79 Å². The Hall–Kier alpha value is -1.46. The van der Waals surface area contributed by atoms with Crippen LogP contribution in [0.5, 0.6) is 0 Å². The van der Waals surface area contributed by atoms with Crippen molar-refractivity contribution in [3.8, 4) is 0 Å². The van der Waals surface area contributed by atoms with Gasteiger partial charge in [-0.2, -0.15) is 0 Å². The summed E-state index contributed by atoms with van der Waals surface area (Å²) in [6, 6.07) is 0.481. The summed E-state index contributed by atoms with van der Waals surface area (Å²) < 4.78 is 5.41. The predicted molar refractivity (Wildman–Crippen MR) is 92.4 cm³/mol. The molecule has 0 radical (unpaired) electrons. The van der Waals surface area contributed by atoms with Gasteiger partial charge in [-0.05, 0) is 46.0 Å². The lowest BCUT2D eigenvalue weighted by molar-refractivity contribution is 0.0289. The van der Waals surface area contributed by atoms with Crippen molar-refractivity contribution in [2.75, 3.05) is 19.6 Å². The van der Waals surface area contributed by atoms with Gasteiger partial charge in [0.05, 0.1) is 0 Å². The summed E-state index contributed by atoms with van der Waals surface area (Å²) in [6.07, 6.45) is 6.99. The molecule has 1 heterocycles. The van der Waals surface area contributed by atoms with E-state index in [2.05, 4.69) is 10.3 Å². The number of amides is 1. The molecular formula is C17H32N4O2. The maximum absolute atomic E-state index is 12.0. The SMILES string of the molecule is CC(C)(C)OC(=O)N1CCC(CN=C(N)NC2CCCCC2)C1. The first-order chi connectivity index (χ1) is 10.8. The van der Waals surface area contributed by atoms with Crippen LogP contribution in [0.2, 0.25) is 0 Å². The molecule has 0 spiro atoms. The number of guanidine groups is 1. The fourth-order valence-corrected chi connectivity index (χ4v) is 3.20. The summed E-state index contributed by atoms with van der Waals surface area (Å²) in [5, 5.41) is 3.33. The van der Waals surface area contributed by atoms with Gasteiger partial charge in [0.25, 0.3) is 0 Å². The number of carbonyl (C=O) groups excluding carboxylic acids is 1. The summed E-state index contributed by atoms with van der Waals surface area (Å²) >= 11 is 0. The van der Waals surface area contributed by atoms with Crippen molar-refractivity contribution in [1.82, 2.24) is 10.2 Å². The molecule has 3 N–H and O–H groups in total. The number of aliphatic imine (C=N–C) groups is 1. The number of ether oxygens (including phenoxy) is 1. The molecule has 1 aliphatic carbocycles. The van der Waals surface area contributed by atoms with Gasteiger partial charge in [-0.15, -0.1) is 0 Å². The molecule has 2 rings (SSSR count). The number of nitrogens with one attached hydrogen (secondary N) is 1. The fourth-order valence-electron chi connectivity index (χ4n) is 3.20. The lowest BCUT2D eigenvalue weighted by Gasteiger charge is -2.24. The molecule has 2 fully saturated rings. The Morgan fingerprint density at radius 2 is 1.96 bits per heavy atom. The summed E-state index contributed by atoms with van der Waals surface area (Å²) in [5.41, 5.74) is 5.55. The second-order valence-electron chi connectivity index (χ2n) is 7.79. The van der Waals surface area contributed by atoms with Gasteiger partial charge in [-0.1, -0.05) is 19.3 Å². The van der Waals surface area contributed by atoms with Crippen molar-refractivity contribution in [3.05, 3.63) is 0 Å². The Labute approximate surface area is 139 Å². The summed E-state index contributed by atoms with van der Waals surface area (Å²) in [4.78, 5) is 18.3. The molecule has 132 valence electrons. The van der Waals surface area contributed by atoms with Gasteiger partial charge >= 0.3 is 6.09 Å². The number of hydrogen-bond donors (Lipinski definition) is 2. The number of nitrogens with two attached hydrogens (primary N) is 1. The molecule has 0 aromatic heterocycles. The monoisotopic (exact) mass is 324 g/mol. The number of carbonyl (C=O) groups is 1. The molecular weight excluding hydrogens is 292 g/mol. The molecule has 6 nitrogen and oxygen atoms in total. The maximum atomic E-state index is 12.0. The summed E-state index contributed by atoms with van der Waals surface area (Å²) in [6.45, 7) is 7.78. The zero-order chi connectivity index (χ0) is 16.9. The second-order valence-corrected chi connectivity index (χ2v) is 7.79. The highest BCUT2D eigenvalue weighted by atomic mass is 16.6. The van der Waals surface area contributed by atoms with Crippen LogP contribution >= 0.6 is 0 Å². The second kappa shape index (κ2) is 7.88. The third kappa shape index (κ3) is 6.28. The quantitative estimate of drug-likeness (QED) is 0.617. The average molecular weight is 324 g/mol. The van der Waals surface area contributed by atoms with Gasteiger partial charge in [0.15, 0.2) is 5.96 Å². The van der Waals surface area contributed by atoms with Crippen molar-refractivity contribution in [2.24, 2.45) is 16.6 Å². The predicted octanol–water partition coefficient (Wildman–Crippen LogP) is 2.48. The standard InChI is InChI=1S/C17H32N4O2/c1-17(2,3)23-16(22)21-10-9-13(12-21)11-19-15(18)20-14-7-5-4-6-8-14/h13-14H,4-12H2,1-3H3,(H3,18,19,20). The van der Waals surface area contributed by atoms with E-state index in [4.69, 9.17) is 10.5 Å². The highest BCUT2D eigenvalue weighted by Crippen LogP contribution is 2.20. The van der Waals surface area contributed by atoms with Gasteiger partial charge < -0.3 is 20.7 Å². The van der Waals surface area contributed by atoms with E-state index in [1.54, 1.807) is 4.90 Å². The van der Waals surface area contributed by atoms with E-state index in [9.17, 15) is 4.79 Å². The molecule has 1 atom stereocenters. The smallest absolute Gasteiger partial charge is 0.410 e. The molecule has 2 aliphatic rings. The Morgan fingerprint density at radius 3 is 2.61 bits per heavy atom. The van der Waals surface area contributed by atoms with Crippen LogP contribution in [-0.2, 0) is 4.74 Å². The largest absolute Gasteiger partial charge is 0.444 e. The van der Waals surface area contributed by atoms with Crippen molar-refractivity contribution in [1.29, 1.82) is 0 Å². The molecule has 1 saturated heterocycles. The Kier molecular flexibility index (Phi) is 6.13. The first-order valence-corrected chi connectivity index (χ1v) is 8.88. The zero-order valence-electron chi connectivity index (χ0n) is 14.8. The number of nitrogens with zero attached hydrogens (tertiary/aromatic N) is 2. The molecule has 23 heavy (non-hydrogen) atoms. The van der Waals surface area contributed by atoms with Gasteiger partial charge in [0.1, 0.15) is 5.60 Å². The van der Waals surface area contributed by atoms with Gasteiger partial charge in [-0.25, -0.2) is 4.79 Å². The molecule has 0 bridgehead atoms. The highest BCUT2D eigenvalue weighted by Gasteiger charge is 2.29. The van der Waals surface area contributed by atoms with Crippen LogP contribution in [0, 0.1) is 5.92 Å². The number of hydrogen-bond acceptors (Lipinski definition) is 3. The van der Waals surface area contributed by atoms with Crippen molar-refractivity contribution < 1.29 is 9.53 Å². The Balaban J connectivity index is 1.72. The Bertz CT molecular complexity index is 425. The summed E-state index contributed by atoms with van der Waals surface area (Å²) in [7, 11) is 0. The van der Waals surface area contributed by atoms with Crippen LogP contribution in [-0.4, -0.2) is 48.2 Å². The van der Waals surface area contributed by atoms with Crippen LogP contribution < -0.4 is 11.1 Å². The molecule has 1 amide bonds. The number of rotatable bonds is 3. The van der Waals surface area contributed by atoms with Gasteiger partial charge in [0, 0.05) is 25.7 Å². The lowest BCUT2D eigenvalue weighted by Crippen LogP contribution is -2.41. The van der Waals surface area contributed by atoms with E-state index in [-0.39, 0.29) is 6.09 Å². The topological polar surface area (TPSA) is 80.0 Å². The lowest BCUT2D eigenvalue weighted by atomic mass is 9.96. The van der Waals surface area contributed by atoms with E-state index in [1.807, 2.05) is 20.8 Å². The third-order valence-corrected chi connectivity index (χ3v) is 4.41.